The molecule has 0 aliphatic rings. The maximum atomic E-state index is 12.1. The van der Waals surface area contributed by atoms with Gasteiger partial charge in [0.1, 0.15) is 16.7 Å². The van der Waals surface area contributed by atoms with Gasteiger partial charge in [-0.25, -0.2) is 0 Å². The van der Waals surface area contributed by atoms with Crippen LogP contribution in [0.5, 0.6) is 5.75 Å². The summed E-state index contributed by atoms with van der Waals surface area (Å²) in [6, 6.07) is 6.49. The van der Waals surface area contributed by atoms with Crippen LogP contribution in [0, 0.1) is 20.8 Å². The SMILES string of the molecule is Cc1noc(C)c1-c1c(C(N)=O)c(C)c(Cl)n1-c1ccc(O)cc1. The lowest BCUT2D eigenvalue weighted by Crippen LogP contribution is -2.13. The number of rotatable bonds is 3. The fraction of sp³-hybridized carbons (Fsp3) is 0.176. The smallest absolute Gasteiger partial charge is 0.251 e. The Kier molecular flexibility index (Phi) is 3.85. The lowest BCUT2D eigenvalue weighted by molar-refractivity contribution is 0.100. The van der Waals surface area contributed by atoms with Crippen molar-refractivity contribution in [3.8, 4) is 22.7 Å². The first-order valence-electron chi connectivity index (χ1n) is 7.26. The largest absolute Gasteiger partial charge is 0.508 e. The Bertz CT molecular complexity index is 920. The summed E-state index contributed by atoms with van der Waals surface area (Å²) in [4.78, 5) is 12.1. The van der Waals surface area contributed by atoms with Crippen molar-refractivity contribution in [2.24, 2.45) is 5.73 Å². The molecule has 3 rings (SSSR count). The zero-order valence-corrected chi connectivity index (χ0v) is 14.2. The molecule has 0 bridgehead atoms. The quantitative estimate of drug-likeness (QED) is 0.759. The Labute approximate surface area is 143 Å². The number of hydrogen-bond acceptors (Lipinski definition) is 4. The highest BCUT2D eigenvalue weighted by Gasteiger charge is 2.28. The van der Waals surface area contributed by atoms with Crippen molar-refractivity contribution in [2.45, 2.75) is 20.8 Å². The Hall–Kier alpha value is -2.73. The normalized spacial score (nSPS) is 11.0. The summed E-state index contributed by atoms with van der Waals surface area (Å²) in [6.45, 7) is 5.28. The molecule has 2 aromatic heterocycles. The molecule has 0 saturated carbocycles. The van der Waals surface area contributed by atoms with Gasteiger partial charge in [0.2, 0.25) is 0 Å². The fourth-order valence-corrected chi connectivity index (χ4v) is 3.14. The first kappa shape index (κ1) is 16.1. The molecule has 1 amide bonds. The summed E-state index contributed by atoms with van der Waals surface area (Å²) in [6.07, 6.45) is 0. The third-order valence-corrected chi connectivity index (χ3v) is 4.42. The van der Waals surface area contributed by atoms with Gasteiger partial charge in [-0.3, -0.25) is 9.36 Å². The average Bonchev–Trinajstić information content (AvgIpc) is 2.98. The third kappa shape index (κ3) is 2.35. The zero-order chi connectivity index (χ0) is 17.6. The number of aryl methyl sites for hydroxylation is 2. The van der Waals surface area contributed by atoms with Gasteiger partial charge in [-0.1, -0.05) is 16.8 Å². The lowest BCUT2D eigenvalue weighted by Gasteiger charge is -2.12. The molecule has 0 spiro atoms. The van der Waals surface area contributed by atoms with Gasteiger partial charge in [0.05, 0.1) is 22.5 Å². The predicted octanol–water partition coefficient (Wildman–Crippen LogP) is 3.52. The van der Waals surface area contributed by atoms with Crippen LogP contribution in [-0.4, -0.2) is 20.7 Å². The monoisotopic (exact) mass is 345 g/mol. The summed E-state index contributed by atoms with van der Waals surface area (Å²) in [5, 5.41) is 13.8. The highest BCUT2D eigenvalue weighted by atomic mass is 35.5. The first-order valence-corrected chi connectivity index (χ1v) is 7.64. The zero-order valence-electron chi connectivity index (χ0n) is 13.4. The average molecular weight is 346 g/mol. The van der Waals surface area contributed by atoms with Crippen molar-refractivity contribution in [1.82, 2.24) is 9.72 Å². The Morgan fingerprint density at radius 1 is 1.25 bits per heavy atom. The van der Waals surface area contributed by atoms with Crippen LogP contribution in [0.15, 0.2) is 28.8 Å². The third-order valence-electron chi connectivity index (χ3n) is 3.97. The van der Waals surface area contributed by atoms with Crippen molar-refractivity contribution >= 4 is 17.5 Å². The van der Waals surface area contributed by atoms with Crippen molar-refractivity contribution < 1.29 is 14.4 Å². The molecule has 0 unspecified atom stereocenters. The number of carbonyl (C=O) groups is 1. The standard InChI is InChI=1S/C17H16ClN3O3/c1-8-13(17(19)23)15(14-9(2)20-24-10(14)3)21(16(8)18)11-4-6-12(22)7-5-11/h4-7,22H,1-3H3,(H2,19,23). The number of halogens is 1. The molecule has 6 nitrogen and oxygen atoms in total. The van der Waals surface area contributed by atoms with Crippen LogP contribution in [0.4, 0.5) is 0 Å². The van der Waals surface area contributed by atoms with Crippen LogP contribution in [0.25, 0.3) is 16.9 Å². The number of aromatic hydroxyl groups is 1. The number of nitrogens with zero attached hydrogens (tertiary/aromatic N) is 2. The van der Waals surface area contributed by atoms with E-state index < -0.39 is 5.91 Å². The van der Waals surface area contributed by atoms with E-state index >= 15 is 0 Å². The van der Waals surface area contributed by atoms with Crippen molar-refractivity contribution in [2.75, 3.05) is 0 Å². The van der Waals surface area contributed by atoms with Crippen molar-refractivity contribution in [1.29, 1.82) is 0 Å². The summed E-state index contributed by atoms with van der Waals surface area (Å²) in [7, 11) is 0. The minimum Gasteiger partial charge on any atom is -0.508 e. The second-order valence-electron chi connectivity index (χ2n) is 5.55. The maximum absolute atomic E-state index is 12.1. The minimum atomic E-state index is -0.582. The number of aromatic nitrogens is 2. The highest BCUT2D eigenvalue weighted by Crippen LogP contribution is 2.39. The van der Waals surface area contributed by atoms with Gasteiger partial charge in [0.15, 0.2) is 0 Å². The second kappa shape index (κ2) is 5.72. The summed E-state index contributed by atoms with van der Waals surface area (Å²) in [5.74, 6) is 0.110. The van der Waals surface area contributed by atoms with Gasteiger partial charge in [0, 0.05) is 5.69 Å². The van der Waals surface area contributed by atoms with Crippen LogP contribution < -0.4 is 5.73 Å². The van der Waals surface area contributed by atoms with E-state index in [0.717, 1.165) is 0 Å². The molecule has 0 aliphatic heterocycles. The molecule has 124 valence electrons. The summed E-state index contributed by atoms with van der Waals surface area (Å²) in [5.41, 5.74) is 9.02. The minimum absolute atomic E-state index is 0.132. The number of phenols is 1. The molecule has 3 aromatic rings. The molecule has 0 fully saturated rings. The van der Waals surface area contributed by atoms with E-state index in [4.69, 9.17) is 21.9 Å². The molecule has 3 N–H and O–H groups in total. The molecular weight excluding hydrogens is 330 g/mol. The van der Waals surface area contributed by atoms with Crippen LogP contribution in [-0.2, 0) is 0 Å². The number of primary amides is 1. The van der Waals surface area contributed by atoms with Gasteiger partial charge in [-0.15, -0.1) is 0 Å². The van der Waals surface area contributed by atoms with Gasteiger partial charge < -0.3 is 15.4 Å². The van der Waals surface area contributed by atoms with E-state index in [0.29, 0.717) is 44.7 Å². The molecule has 0 aliphatic carbocycles. The molecule has 2 heterocycles. The number of benzene rings is 1. The molecule has 0 atom stereocenters. The Morgan fingerprint density at radius 2 is 1.88 bits per heavy atom. The van der Waals surface area contributed by atoms with Gasteiger partial charge >= 0.3 is 0 Å². The number of nitrogens with two attached hydrogens (primary N) is 1. The second-order valence-corrected chi connectivity index (χ2v) is 5.91. The number of hydrogen-bond donors (Lipinski definition) is 2. The van der Waals surface area contributed by atoms with Gasteiger partial charge in [0.25, 0.3) is 5.91 Å². The summed E-state index contributed by atoms with van der Waals surface area (Å²) >= 11 is 6.50. The topological polar surface area (TPSA) is 94.3 Å². The van der Waals surface area contributed by atoms with Gasteiger partial charge in [-0.05, 0) is 50.6 Å². The van der Waals surface area contributed by atoms with E-state index in [1.165, 1.54) is 0 Å². The van der Waals surface area contributed by atoms with E-state index in [1.807, 2.05) is 0 Å². The van der Waals surface area contributed by atoms with E-state index in [9.17, 15) is 9.90 Å². The van der Waals surface area contributed by atoms with Gasteiger partial charge in [-0.2, -0.15) is 0 Å². The van der Waals surface area contributed by atoms with Crippen LogP contribution in [0.2, 0.25) is 5.15 Å². The molecule has 0 radical (unpaired) electrons. The molecular formula is C17H16ClN3O3. The highest BCUT2D eigenvalue weighted by molar-refractivity contribution is 6.32. The van der Waals surface area contributed by atoms with E-state index in [-0.39, 0.29) is 5.75 Å². The number of phenolic OH excluding ortho intramolecular Hbond substituents is 1. The number of carbonyl (C=O) groups excluding carboxylic acids is 1. The summed E-state index contributed by atoms with van der Waals surface area (Å²) < 4.78 is 6.96. The lowest BCUT2D eigenvalue weighted by atomic mass is 10.0. The van der Waals surface area contributed by atoms with E-state index in [2.05, 4.69) is 5.16 Å². The van der Waals surface area contributed by atoms with Crippen molar-refractivity contribution in [3.05, 3.63) is 52.0 Å². The molecule has 0 saturated heterocycles. The van der Waals surface area contributed by atoms with Crippen LogP contribution >= 0.6 is 11.6 Å². The van der Waals surface area contributed by atoms with E-state index in [1.54, 1.807) is 49.6 Å². The fourth-order valence-electron chi connectivity index (χ4n) is 2.86. The maximum Gasteiger partial charge on any atom is 0.251 e. The number of amides is 1. The molecule has 1 aromatic carbocycles. The molecule has 7 heteroatoms. The Morgan fingerprint density at radius 3 is 2.38 bits per heavy atom. The Balaban J connectivity index is 2.43. The predicted molar refractivity (Wildman–Crippen MR) is 90.7 cm³/mol. The molecule has 24 heavy (non-hydrogen) atoms. The van der Waals surface area contributed by atoms with Crippen LogP contribution in [0.3, 0.4) is 0 Å². The first-order chi connectivity index (χ1) is 11.3. The van der Waals surface area contributed by atoms with Crippen molar-refractivity contribution in [3.63, 3.8) is 0 Å². The van der Waals surface area contributed by atoms with Crippen LogP contribution in [0.1, 0.15) is 27.4 Å².